The van der Waals surface area contributed by atoms with Crippen LogP contribution in [0.2, 0.25) is 0 Å². The van der Waals surface area contributed by atoms with E-state index in [0.29, 0.717) is 18.0 Å². The van der Waals surface area contributed by atoms with E-state index in [1.165, 1.54) is 0 Å². The summed E-state index contributed by atoms with van der Waals surface area (Å²) in [5.41, 5.74) is 1.49. The number of benzene rings is 1. The lowest BCUT2D eigenvalue weighted by Crippen LogP contribution is -2.45. The molecule has 0 spiro atoms. The van der Waals surface area contributed by atoms with E-state index >= 15 is 0 Å². The predicted molar refractivity (Wildman–Crippen MR) is 130 cm³/mol. The van der Waals surface area contributed by atoms with Gasteiger partial charge in [0.1, 0.15) is 17.3 Å². The maximum atomic E-state index is 13.4. The van der Waals surface area contributed by atoms with Crippen molar-refractivity contribution in [2.75, 3.05) is 51.2 Å². The molecule has 2 aliphatic heterocycles. The average molecular weight is 459 g/mol. The highest BCUT2D eigenvalue weighted by Crippen LogP contribution is 2.33. The number of hydrogen-bond donors (Lipinski definition) is 0. The van der Waals surface area contributed by atoms with Crippen molar-refractivity contribution in [1.29, 1.82) is 0 Å². The van der Waals surface area contributed by atoms with Crippen molar-refractivity contribution in [3.63, 3.8) is 0 Å². The van der Waals surface area contributed by atoms with Gasteiger partial charge < -0.3 is 19.4 Å². The fraction of sp³-hybridized carbons (Fsp3) is 0.385. The van der Waals surface area contributed by atoms with Crippen molar-refractivity contribution in [2.45, 2.75) is 18.8 Å². The molecule has 0 aliphatic carbocycles. The fourth-order valence-electron chi connectivity index (χ4n) is 4.62. The molecule has 8 nitrogen and oxygen atoms in total. The lowest BCUT2D eigenvalue weighted by molar-refractivity contribution is 0.0704. The summed E-state index contributed by atoms with van der Waals surface area (Å²) in [5, 5.41) is 0. The Bertz CT molecular complexity index is 1120. The maximum absolute atomic E-state index is 13.4. The van der Waals surface area contributed by atoms with Gasteiger partial charge in [-0.1, -0.05) is 18.2 Å². The van der Waals surface area contributed by atoms with E-state index in [1.807, 2.05) is 47.4 Å². The molecule has 2 saturated heterocycles. The number of ether oxygens (including phenoxy) is 1. The summed E-state index contributed by atoms with van der Waals surface area (Å²) in [6, 6.07) is 13.4. The van der Waals surface area contributed by atoms with E-state index in [4.69, 9.17) is 4.74 Å². The molecule has 176 valence electrons. The van der Waals surface area contributed by atoms with Gasteiger partial charge in [0.2, 0.25) is 5.88 Å². The van der Waals surface area contributed by atoms with Crippen LogP contribution in [-0.2, 0) is 0 Å². The number of nitrogens with zero attached hydrogens (tertiary/aromatic N) is 6. The number of likely N-dealkylation sites (N-methyl/N-ethyl adjacent to an activating group) is 1. The summed E-state index contributed by atoms with van der Waals surface area (Å²) in [6.45, 7) is 5.16. The first-order chi connectivity index (χ1) is 16.7. The number of pyridine rings is 1. The van der Waals surface area contributed by atoms with Crippen molar-refractivity contribution in [3.8, 4) is 11.6 Å². The zero-order valence-electron chi connectivity index (χ0n) is 19.5. The molecule has 8 heteroatoms. The molecule has 0 bridgehead atoms. The molecule has 2 fully saturated rings. The van der Waals surface area contributed by atoms with Gasteiger partial charge in [-0.15, -0.1) is 0 Å². The number of hydrogen-bond acceptors (Lipinski definition) is 7. The largest absolute Gasteiger partial charge is 0.437 e. The lowest BCUT2D eigenvalue weighted by Gasteiger charge is -2.34. The molecule has 34 heavy (non-hydrogen) atoms. The highest BCUT2D eigenvalue weighted by molar-refractivity contribution is 5.95. The third kappa shape index (κ3) is 5.02. The molecule has 1 amide bonds. The van der Waals surface area contributed by atoms with Gasteiger partial charge in [-0.05, 0) is 44.2 Å². The number of anilines is 1. The predicted octanol–water partition coefficient (Wildman–Crippen LogP) is 3.44. The Morgan fingerprint density at radius 1 is 0.941 bits per heavy atom. The number of aromatic nitrogens is 3. The van der Waals surface area contributed by atoms with Crippen LogP contribution >= 0.6 is 0 Å². The van der Waals surface area contributed by atoms with E-state index in [-0.39, 0.29) is 11.8 Å². The van der Waals surface area contributed by atoms with Crippen LogP contribution < -0.4 is 9.64 Å². The van der Waals surface area contributed by atoms with E-state index in [1.54, 1.807) is 18.6 Å². The van der Waals surface area contributed by atoms with Gasteiger partial charge in [0, 0.05) is 69.3 Å². The van der Waals surface area contributed by atoms with Gasteiger partial charge in [0.25, 0.3) is 5.91 Å². The van der Waals surface area contributed by atoms with Crippen LogP contribution in [-0.4, -0.2) is 77.0 Å². The topological polar surface area (TPSA) is 74.7 Å². The zero-order chi connectivity index (χ0) is 23.3. The minimum atomic E-state index is 0.0388. The SMILES string of the molecule is CN1CCN(c2cc(C(=O)N3CCCC(c4nccnc4Oc4ccccc4)C3)ccn2)CC1. The number of rotatable bonds is 5. The third-order valence-corrected chi connectivity index (χ3v) is 6.56. The Kier molecular flexibility index (Phi) is 6.67. The summed E-state index contributed by atoms with van der Waals surface area (Å²) >= 11 is 0. The minimum Gasteiger partial charge on any atom is -0.437 e. The second-order valence-electron chi connectivity index (χ2n) is 8.95. The Hall–Kier alpha value is -3.52. The smallest absolute Gasteiger partial charge is 0.254 e. The standard InChI is InChI=1S/C26H30N6O2/c1-30-14-16-31(17-15-30)23-18-20(9-10-27-23)26(33)32-13-5-6-21(19-32)24-25(29-12-11-28-24)34-22-7-3-2-4-8-22/h2-4,7-12,18,21H,5-6,13-17,19H2,1H3. The summed E-state index contributed by atoms with van der Waals surface area (Å²) in [7, 11) is 2.13. The minimum absolute atomic E-state index is 0.0388. The molecule has 1 aromatic carbocycles. The monoisotopic (exact) mass is 458 g/mol. The van der Waals surface area contributed by atoms with E-state index in [0.717, 1.165) is 62.8 Å². The molecular weight excluding hydrogens is 428 g/mol. The quantitative estimate of drug-likeness (QED) is 0.580. The van der Waals surface area contributed by atoms with E-state index < -0.39 is 0 Å². The van der Waals surface area contributed by atoms with Gasteiger partial charge in [-0.2, -0.15) is 0 Å². The van der Waals surface area contributed by atoms with Crippen LogP contribution in [0.15, 0.2) is 61.1 Å². The summed E-state index contributed by atoms with van der Waals surface area (Å²) < 4.78 is 6.04. The van der Waals surface area contributed by atoms with Crippen molar-refractivity contribution in [1.82, 2.24) is 24.8 Å². The first-order valence-corrected chi connectivity index (χ1v) is 11.9. The van der Waals surface area contributed by atoms with Crippen LogP contribution in [0.25, 0.3) is 0 Å². The number of piperidine rings is 1. The highest BCUT2D eigenvalue weighted by Gasteiger charge is 2.29. The van der Waals surface area contributed by atoms with Gasteiger partial charge in [-0.25, -0.2) is 9.97 Å². The second-order valence-corrected chi connectivity index (χ2v) is 8.95. The third-order valence-electron chi connectivity index (χ3n) is 6.56. The van der Waals surface area contributed by atoms with Gasteiger partial charge >= 0.3 is 0 Å². The van der Waals surface area contributed by atoms with Crippen molar-refractivity contribution >= 4 is 11.7 Å². The lowest BCUT2D eigenvalue weighted by atomic mass is 9.94. The average Bonchev–Trinajstić information content (AvgIpc) is 2.90. The molecule has 0 N–H and O–H groups in total. The van der Waals surface area contributed by atoms with Crippen LogP contribution in [0.1, 0.15) is 34.8 Å². The first-order valence-electron chi connectivity index (χ1n) is 11.9. The van der Waals surface area contributed by atoms with Gasteiger partial charge in [-0.3, -0.25) is 9.78 Å². The molecule has 5 rings (SSSR count). The molecule has 1 atom stereocenters. The molecule has 2 aromatic heterocycles. The number of carbonyl (C=O) groups excluding carboxylic acids is 1. The van der Waals surface area contributed by atoms with E-state index in [9.17, 15) is 4.79 Å². The molecule has 1 unspecified atom stereocenters. The van der Waals surface area contributed by atoms with Crippen molar-refractivity contribution < 1.29 is 9.53 Å². The van der Waals surface area contributed by atoms with Gasteiger partial charge in [0.15, 0.2) is 0 Å². The number of piperazine rings is 1. The second kappa shape index (κ2) is 10.2. The summed E-state index contributed by atoms with van der Waals surface area (Å²) in [5.74, 6) is 2.22. The Morgan fingerprint density at radius 3 is 2.56 bits per heavy atom. The van der Waals surface area contributed by atoms with Crippen LogP contribution in [0.5, 0.6) is 11.6 Å². The van der Waals surface area contributed by atoms with Gasteiger partial charge in [0.05, 0.1) is 0 Å². The van der Waals surface area contributed by atoms with E-state index in [2.05, 4.69) is 31.8 Å². The highest BCUT2D eigenvalue weighted by atomic mass is 16.5. The normalized spacial score (nSPS) is 19.1. The van der Waals surface area contributed by atoms with Crippen LogP contribution in [0.3, 0.4) is 0 Å². The number of likely N-dealkylation sites (tertiary alicyclic amines) is 1. The van der Waals surface area contributed by atoms with Crippen LogP contribution in [0, 0.1) is 0 Å². The van der Waals surface area contributed by atoms with Crippen molar-refractivity contribution in [3.05, 3.63) is 72.3 Å². The first kappa shape index (κ1) is 22.3. The molecule has 0 radical (unpaired) electrons. The molecule has 2 aliphatic rings. The summed E-state index contributed by atoms with van der Waals surface area (Å²) in [4.78, 5) is 33.5. The summed E-state index contributed by atoms with van der Waals surface area (Å²) in [6.07, 6.45) is 6.94. The molecular formula is C26H30N6O2. The Balaban J connectivity index is 1.31. The van der Waals surface area contributed by atoms with Crippen LogP contribution in [0.4, 0.5) is 5.82 Å². The van der Waals surface area contributed by atoms with Crippen molar-refractivity contribution in [2.24, 2.45) is 0 Å². The fourth-order valence-corrected chi connectivity index (χ4v) is 4.62. The number of carbonyl (C=O) groups is 1. The molecule has 4 heterocycles. The molecule has 0 saturated carbocycles. The Labute approximate surface area is 200 Å². The maximum Gasteiger partial charge on any atom is 0.254 e. The molecule has 3 aromatic rings. The zero-order valence-corrected chi connectivity index (χ0v) is 19.5. The number of para-hydroxylation sites is 1. The Morgan fingerprint density at radius 2 is 1.74 bits per heavy atom. The number of amides is 1.